The molecule has 0 atom stereocenters. The Labute approximate surface area is 262 Å². The van der Waals surface area contributed by atoms with Crippen molar-refractivity contribution in [3.8, 4) is 33.4 Å². The van der Waals surface area contributed by atoms with Crippen molar-refractivity contribution in [1.82, 2.24) is 0 Å². The SMILES string of the molecule is Cc1ccc(-c2c3ccccc3c(-c3ccc4c(c3)C(C)(C)c3cc(S(C)(C)C)ccc3-4)c3ccccc23)c2ccccc12. The van der Waals surface area contributed by atoms with E-state index in [4.69, 9.17) is 0 Å². The van der Waals surface area contributed by atoms with Crippen molar-refractivity contribution in [2.75, 3.05) is 18.8 Å². The van der Waals surface area contributed by atoms with Crippen molar-refractivity contribution in [1.29, 1.82) is 0 Å². The Kier molecular flexibility index (Phi) is 5.93. The van der Waals surface area contributed by atoms with E-state index in [9.17, 15) is 0 Å². The number of benzene rings is 7. The third-order valence-electron chi connectivity index (χ3n) is 9.99. The van der Waals surface area contributed by atoms with E-state index in [2.05, 4.69) is 161 Å². The molecule has 7 aromatic rings. The summed E-state index contributed by atoms with van der Waals surface area (Å²) in [4.78, 5) is 1.48. The van der Waals surface area contributed by atoms with Crippen LogP contribution in [-0.4, -0.2) is 18.8 Å². The molecule has 0 saturated carbocycles. The monoisotopic (exact) mass is 586 g/mol. The summed E-state index contributed by atoms with van der Waals surface area (Å²) < 4.78 is 0. The topological polar surface area (TPSA) is 0 Å². The fourth-order valence-corrected chi connectivity index (χ4v) is 8.60. The fourth-order valence-electron chi connectivity index (χ4n) is 7.65. The standard InChI is InChI=1S/C43H38S/c1-27-19-22-38(31-14-8-7-13-30(27)31)42-36-17-11-9-15-34(36)41(35-16-10-12-18-37(35)42)28-20-23-32-33-24-21-29(44(4,5)6)26-40(33)43(2,3)39(32)25-28/h7-26H,1-6H3. The smallest absolute Gasteiger partial charge is 0.0159 e. The van der Waals surface area contributed by atoms with Crippen LogP contribution in [-0.2, 0) is 5.41 Å². The summed E-state index contributed by atoms with van der Waals surface area (Å²) >= 11 is 0. The average Bonchev–Trinajstić information content (AvgIpc) is 3.25. The molecular formula is C43H38S. The molecule has 44 heavy (non-hydrogen) atoms. The number of rotatable bonds is 3. The first-order valence-corrected chi connectivity index (χ1v) is 18.4. The molecule has 0 aromatic heterocycles. The maximum Gasteiger partial charge on any atom is 0.0159 e. The third-order valence-corrected chi connectivity index (χ3v) is 11.7. The molecule has 0 nitrogen and oxygen atoms in total. The van der Waals surface area contributed by atoms with Gasteiger partial charge in [-0.2, -0.15) is 0 Å². The van der Waals surface area contributed by atoms with Crippen molar-refractivity contribution in [2.24, 2.45) is 0 Å². The Morgan fingerprint density at radius 1 is 0.455 bits per heavy atom. The van der Waals surface area contributed by atoms with Crippen LogP contribution in [0.1, 0.15) is 30.5 Å². The Hall–Kier alpha value is -4.33. The summed E-state index contributed by atoms with van der Waals surface area (Å²) in [5.41, 5.74) is 12.1. The molecule has 0 saturated heterocycles. The normalized spacial score (nSPS) is 14.2. The molecule has 0 aliphatic heterocycles. The van der Waals surface area contributed by atoms with E-state index in [1.54, 1.807) is 0 Å². The lowest BCUT2D eigenvalue weighted by molar-refractivity contribution is 0.659. The second-order valence-corrected chi connectivity index (χ2v) is 17.9. The molecular weight excluding hydrogens is 549 g/mol. The Bertz CT molecular complexity index is 2240. The molecule has 7 aromatic carbocycles. The lowest BCUT2D eigenvalue weighted by atomic mass is 9.80. The summed E-state index contributed by atoms with van der Waals surface area (Å²) in [6.45, 7) is 7.03. The molecule has 0 fully saturated rings. The van der Waals surface area contributed by atoms with Crippen LogP contribution >= 0.6 is 10.0 Å². The van der Waals surface area contributed by atoms with Gasteiger partial charge < -0.3 is 0 Å². The van der Waals surface area contributed by atoms with E-state index in [1.165, 1.54) is 87.3 Å². The van der Waals surface area contributed by atoms with Gasteiger partial charge in [0.2, 0.25) is 0 Å². The zero-order chi connectivity index (χ0) is 30.4. The van der Waals surface area contributed by atoms with Crippen LogP contribution in [0.2, 0.25) is 0 Å². The van der Waals surface area contributed by atoms with Gasteiger partial charge in [0, 0.05) is 5.41 Å². The van der Waals surface area contributed by atoms with Crippen LogP contribution in [0.3, 0.4) is 0 Å². The number of hydrogen-bond acceptors (Lipinski definition) is 0. The van der Waals surface area contributed by atoms with Crippen LogP contribution in [0, 0.1) is 6.92 Å². The van der Waals surface area contributed by atoms with Crippen molar-refractivity contribution in [3.63, 3.8) is 0 Å². The van der Waals surface area contributed by atoms with Gasteiger partial charge in [0.25, 0.3) is 0 Å². The highest BCUT2D eigenvalue weighted by Gasteiger charge is 2.36. The van der Waals surface area contributed by atoms with Gasteiger partial charge in [-0.3, -0.25) is 0 Å². The summed E-state index contributed by atoms with van der Waals surface area (Å²) in [5.74, 6) is 0. The lowest BCUT2D eigenvalue weighted by Gasteiger charge is -2.29. The van der Waals surface area contributed by atoms with Crippen molar-refractivity contribution < 1.29 is 0 Å². The third kappa shape index (κ3) is 3.92. The minimum atomic E-state index is -0.805. The minimum absolute atomic E-state index is 0.0618. The van der Waals surface area contributed by atoms with E-state index in [-0.39, 0.29) is 5.41 Å². The minimum Gasteiger partial charge on any atom is -0.223 e. The molecule has 0 unspecified atom stereocenters. The fraction of sp³-hybridized carbons (Fsp3) is 0.163. The molecule has 0 amide bonds. The van der Waals surface area contributed by atoms with Crippen molar-refractivity contribution >= 4 is 42.3 Å². The number of hydrogen-bond donors (Lipinski definition) is 0. The molecule has 1 aliphatic carbocycles. The van der Waals surface area contributed by atoms with Crippen LogP contribution in [0.15, 0.2) is 126 Å². The first kappa shape index (κ1) is 27.2. The highest BCUT2D eigenvalue weighted by atomic mass is 32.3. The van der Waals surface area contributed by atoms with Gasteiger partial charge in [0.1, 0.15) is 0 Å². The Balaban J connectivity index is 1.41. The molecule has 0 heterocycles. The van der Waals surface area contributed by atoms with Crippen molar-refractivity contribution in [2.45, 2.75) is 31.1 Å². The molecule has 0 spiro atoms. The lowest BCUT2D eigenvalue weighted by Crippen LogP contribution is -2.15. The van der Waals surface area contributed by atoms with E-state index in [0.717, 1.165) is 0 Å². The molecule has 0 bridgehead atoms. The van der Waals surface area contributed by atoms with Crippen molar-refractivity contribution in [3.05, 3.63) is 138 Å². The van der Waals surface area contributed by atoms with Crippen LogP contribution in [0.4, 0.5) is 0 Å². The van der Waals surface area contributed by atoms with E-state index < -0.39 is 10.0 Å². The van der Waals surface area contributed by atoms with Crippen LogP contribution in [0.25, 0.3) is 65.7 Å². The molecule has 1 heteroatoms. The highest BCUT2D eigenvalue weighted by Crippen LogP contribution is 2.54. The Morgan fingerprint density at radius 2 is 0.932 bits per heavy atom. The van der Waals surface area contributed by atoms with E-state index >= 15 is 0 Å². The first-order chi connectivity index (χ1) is 21.1. The van der Waals surface area contributed by atoms with Crippen LogP contribution < -0.4 is 0 Å². The summed E-state index contributed by atoms with van der Waals surface area (Å²) in [5, 5.41) is 7.84. The Morgan fingerprint density at radius 3 is 1.52 bits per heavy atom. The summed E-state index contributed by atoms with van der Waals surface area (Å²) in [6, 6.07) is 46.0. The average molecular weight is 587 g/mol. The second kappa shape index (κ2) is 9.58. The summed E-state index contributed by atoms with van der Waals surface area (Å²) in [6.07, 6.45) is 7.17. The second-order valence-electron chi connectivity index (χ2n) is 13.7. The van der Waals surface area contributed by atoms with Gasteiger partial charge in [-0.25, -0.2) is 10.0 Å². The van der Waals surface area contributed by atoms with Gasteiger partial charge in [-0.05, 0) is 131 Å². The maximum atomic E-state index is 2.50. The van der Waals surface area contributed by atoms with Gasteiger partial charge in [-0.1, -0.05) is 117 Å². The number of aryl methyl sites for hydroxylation is 1. The highest BCUT2D eigenvalue weighted by molar-refractivity contribution is 8.32. The molecule has 1 aliphatic rings. The molecule has 216 valence electrons. The zero-order valence-electron chi connectivity index (χ0n) is 26.5. The molecule has 8 rings (SSSR count). The van der Waals surface area contributed by atoms with E-state index in [0.29, 0.717) is 0 Å². The molecule has 0 radical (unpaired) electrons. The molecule has 0 N–H and O–H groups in total. The zero-order valence-corrected chi connectivity index (χ0v) is 27.3. The number of fused-ring (bicyclic) bond motifs is 6. The maximum absolute atomic E-state index is 2.50. The van der Waals surface area contributed by atoms with Crippen LogP contribution in [0.5, 0.6) is 0 Å². The predicted octanol–water partition coefficient (Wildman–Crippen LogP) is 12.1. The summed E-state index contributed by atoms with van der Waals surface area (Å²) in [7, 11) is -0.805. The first-order valence-electron chi connectivity index (χ1n) is 15.5. The predicted molar refractivity (Wildman–Crippen MR) is 196 cm³/mol. The van der Waals surface area contributed by atoms with Gasteiger partial charge in [-0.15, -0.1) is 0 Å². The largest absolute Gasteiger partial charge is 0.223 e. The quantitative estimate of drug-likeness (QED) is 0.181. The van der Waals surface area contributed by atoms with Gasteiger partial charge in [0.15, 0.2) is 0 Å². The van der Waals surface area contributed by atoms with Gasteiger partial charge in [0.05, 0.1) is 0 Å². The van der Waals surface area contributed by atoms with E-state index in [1.807, 2.05) is 0 Å². The van der Waals surface area contributed by atoms with Gasteiger partial charge >= 0.3 is 0 Å².